The van der Waals surface area contributed by atoms with Crippen molar-refractivity contribution < 1.29 is 57.8 Å². The molecule has 93 heavy (non-hydrogen) atoms. The van der Waals surface area contributed by atoms with Gasteiger partial charge in [-0.1, -0.05) is 139 Å². The predicted molar refractivity (Wildman–Crippen MR) is 365 cm³/mol. The summed E-state index contributed by atoms with van der Waals surface area (Å²) in [4.78, 5) is 170. The maximum Gasteiger partial charge on any atom is 0.246 e. The number of nitrogens with one attached hydrogen (secondary N) is 4. The predicted octanol–water partition coefficient (Wildman–Crippen LogP) is 5.18. The quantitative estimate of drug-likeness (QED) is 0.0883. The Labute approximate surface area is 560 Å². The molecule has 1 fully saturated rings. The van der Waals surface area contributed by atoms with Crippen LogP contribution in [0, 0.1) is 41.4 Å². The van der Waals surface area contributed by atoms with E-state index in [1.54, 1.807) is 53.3 Å². The molecule has 1 heterocycles. The molecule has 526 valence electrons. The zero-order valence-electron chi connectivity index (χ0n) is 60.3. The van der Waals surface area contributed by atoms with Crippen LogP contribution in [0.3, 0.4) is 0 Å². The smallest absolute Gasteiger partial charge is 0.246 e. The first kappa shape index (κ1) is 82.5. The fourth-order valence-electron chi connectivity index (χ4n) is 11.5. The van der Waals surface area contributed by atoms with Crippen LogP contribution in [-0.4, -0.2) is 233 Å². The van der Waals surface area contributed by atoms with Crippen LogP contribution in [0.5, 0.6) is 0 Å². The molecule has 0 radical (unpaired) electrons. The van der Waals surface area contributed by atoms with Crippen LogP contribution >= 0.6 is 11.8 Å². The lowest BCUT2D eigenvalue weighted by molar-refractivity contribution is -0.157. The van der Waals surface area contributed by atoms with E-state index in [1.807, 2.05) is 97.9 Å². The maximum absolute atomic E-state index is 15.4. The number of benzene rings is 1. The van der Waals surface area contributed by atoms with Gasteiger partial charge < -0.3 is 60.7 Å². The van der Waals surface area contributed by atoms with Crippen molar-refractivity contribution in [3.8, 4) is 0 Å². The van der Waals surface area contributed by atoms with Crippen molar-refractivity contribution in [1.29, 1.82) is 0 Å². The van der Waals surface area contributed by atoms with Crippen LogP contribution in [0.15, 0.2) is 42.5 Å². The number of rotatable bonds is 19. The van der Waals surface area contributed by atoms with E-state index in [4.69, 9.17) is 0 Å². The van der Waals surface area contributed by atoms with E-state index in [-0.39, 0.29) is 55.8 Å². The Morgan fingerprint density at radius 2 is 0.935 bits per heavy atom. The summed E-state index contributed by atoms with van der Waals surface area (Å²) >= 11 is 1.70. The second-order valence-corrected chi connectivity index (χ2v) is 29.0. The second kappa shape index (κ2) is 38.7. The van der Waals surface area contributed by atoms with Gasteiger partial charge in [0.25, 0.3) is 0 Å². The molecule has 0 bridgehead atoms. The molecule has 12 atom stereocenters. The summed E-state index contributed by atoms with van der Waals surface area (Å²) in [5.74, 6) is -8.37. The number of aliphatic hydroxyl groups is 1. The number of hydrogen-bond acceptors (Lipinski definition) is 13. The zero-order valence-corrected chi connectivity index (χ0v) is 61.1. The van der Waals surface area contributed by atoms with Gasteiger partial charge in [0, 0.05) is 60.8 Å². The van der Waals surface area contributed by atoms with E-state index in [2.05, 4.69) is 21.3 Å². The van der Waals surface area contributed by atoms with Crippen molar-refractivity contribution >= 4 is 76.7 Å². The van der Waals surface area contributed by atoms with Gasteiger partial charge >= 0.3 is 0 Å². The van der Waals surface area contributed by atoms with E-state index in [9.17, 15) is 38.7 Å². The average molecular weight is 1320 g/mol. The fraction of sp³-hybridized carbons (Fsp3) is 0.725. The summed E-state index contributed by atoms with van der Waals surface area (Å²) in [7, 11) is 9.96. The molecule has 5 N–H and O–H groups in total. The summed E-state index contributed by atoms with van der Waals surface area (Å²) in [5, 5.41) is 23.5. The van der Waals surface area contributed by atoms with Crippen LogP contribution in [0.2, 0.25) is 0 Å². The Bertz CT molecular complexity index is 2690. The van der Waals surface area contributed by atoms with Crippen molar-refractivity contribution in [1.82, 2.24) is 55.6 Å². The number of allylic oxidation sites excluding steroid dienone is 1. The van der Waals surface area contributed by atoms with E-state index in [1.165, 1.54) is 93.2 Å². The summed E-state index contributed by atoms with van der Waals surface area (Å²) in [6, 6.07) is -2.44. The van der Waals surface area contributed by atoms with Crippen LogP contribution in [-0.2, 0) is 58.5 Å². The molecule has 2 rings (SSSR count). The minimum absolute atomic E-state index is 0.0138. The standard InChI is InChI=1S/C69H117N11O12S/c1-24-50-65(88)74(17)38-55(81)75(18)51(34-40(2)3)62(85)73-56(44(10)11)68(91)76(19)52(35-41(4)5)61(84)70-47(15)60(83)71-48(16)64(87)77(20)53(36-42(6)7)66(89)78(21)54(37-43(8)9)67(90)79(22)57(45(12)13)69(92)80(23)58(63(86)72-50)59(82)46(14)30-28-29-33-93-39-49-31-26-25-27-32-49/h25-29,31-32,40-48,50-54,56-59,82H,24,30,33-39H2,1-23H3,(H,70,84)(H,71,83)(H,72,86)(H,73,85)/b29-28+/t46-,47+,48-,50+,51+,52+,53+,54+,56+,57+,58+,59-/m1/s1. The van der Waals surface area contributed by atoms with Crippen molar-refractivity contribution in [3.63, 3.8) is 0 Å². The number of amides is 11. The Morgan fingerprint density at radius 3 is 1.43 bits per heavy atom. The van der Waals surface area contributed by atoms with Crippen LogP contribution in [0.1, 0.15) is 155 Å². The molecule has 1 aliphatic rings. The lowest BCUT2D eigenvalue weighted by Crippen LogP contribution is -2.63. The highest BCUT2D eigenvalue weighted by Crippen LogP contribution is 2.26. The summed E-state index contributed by atoms with van der Waals surface area (Å²) in [6.45, 7) is 27.6. The normalized spacial score (nSPS) is 25.6. The topological polar surface area (TPSA) is 279 Å². The largest absolute Gasteiger partial charge is 0.390 e. The molecule has 1 aliphatic heterocycles. The van der Waals surface area contributed by atoms with E-state index >= 15 is 19.2 Å². The average Bonchev–Trinajstić information content (AvgIpc) is 0.819. The van der Waals surface area contributed by atoms with E-state index in [0.717, 1.165) is 15.6 Å². The maximum atomic E-state index is 15.4. The molecule has 1 aromatic rings. The molecular formula is C69H117N11O12S. The number of hydrogen-bond donors (Lipinski definition) is 5. The second-order valence-electron chi connectivity index (χ2n) is 28.0. The third-order valence-electron chi connectivity index (χ3n) is 17.3. The van der Waals surface area contributed by atoms with Gasteiger partial charge in [-0.2, -0.15) is 11.8 Å². The molecule has 11 amide bonds. The molecule has 1 saturated heterocycles. The van der Waals surface area contributed by atoms with E-state index in [0.29, 0.717) is 12.2 Å². The lowest BCUT2D eigenvalue weighted by Gasteiger charge is -2.41. The first-order chi connectivity index (χ1) is 43.2. The summed E-state index contributed by atoms with van der Waals surface area (Å²) in [6.07, 6.45) is 3.25. The van der Waals surface area contributed by atoms with Crippen LogP contribution < -0.4 is 21.3 Å². The third kappa shape index (κ3) is 24.3. The molecule has 24 heteroatoms. The number of likely N-dealkylation sites (N-methyl/N-ethyl adjacent to an activating group) is 7. The van der Waals surface area contributed by atoms with Gasteiger partial charge in [-0.25, -0.2) is 0 Å². The summed E-state index contributed by atoms with van der Waals surface area (Å²) in [5.41, 5.74) is 1.17. The molecule has 0 unspecified atom stereocenters. The molecule has 0 saturated carbocycles. The zero-order chi connectivity index (χ0) is 71.2. The van der Waals surface area contributed by atoms with E-state index < -0.39 is 156 Å². The van der Waals surface area contributed by atoms with Crippen molar-refractivity contribution in [2.75, 3.05) is 61.6 Å². The molecule has 0 aliphatic carbocycles. The molecule has 23 nitrogen and oxygen atoms in total. The molecule has 1 aromatic carbocycles. The van der Waals surface area contributed by atoms with Gasteiger partial charge in [0.1, 0.15) is 60.4 Å². The number of thioether (sulfide) groups is 1. The number of nitrogens with zero attached hydrogens (tertiary/aromatic N) is 7. The van der Waals surface area contributed by atoms with Gasteiger partial charge in [0.2, 0.25) is 65.0 Å². The Balaban J connectivity index is 2.95. The van der Waals surface area contributed by atoms with Crippen LogP contribution in [0.25, 0.3) is 0 Å². The molecule has 0 aromatic heterocycles. The van der Waals surface area contributed by atoms with Gasteiger partial charge in [0.05, 0.1) is 12.6 Å². The Hall–Kier alpha value is -6.56. The van der Waals surface area contributed by atoms with Gasteiger partial charge in [-0.3, -0.25) is 52.7 Å². The highest BCUT2D eigenvalue weighted by Gasteiger charge is 2.46. The third-order valence-corrected chi connectivity index (χ3v) is 18.3. The molecule has 0 spiro atoms. The monoisotopic (exact) mass is 1320 g/mol. The Kier molecular flexibility index (Phi) is 34.4. The number of carbonyl (C=O) groups is 11. The van der Waals surface area contributed by atoms with Crippen LogP contribution in [0.4, 0.5) is 0 Å². The van der Waals surface area contributed by atoms with Gasteiger partial charge in [-0.15, -0.1) is 0 Å². The van der Waals surface area contributed by atoms with Crippen molar-refractivity contribution in [2.45, 2.75) is 222 Å². The van der Waals surface area contributed by atoms with Crippen molar-refractivity contribution in [2.24, 2.45) is 41.4 Å². The number of aliphatic hydroxyl groups excluding tert-OH is 1. The first-order valence-corrected chi connectivity index (χ1v) is 34.4. The summed E-state index contributed by atoms with van der Waals surface area (Å²) < 4.78 is 0. The lowest BCUT2D eigenvalue weighted by atomic mass is 9.91. The number of carbonyl (C=O) groups excluding carboxylic acids is 11. The minimum Gasteiger partial charge on any atom is -0.390 e. The van der Waals surface area contributed by atoms with Gasteiger partial charge in [-0.05, 0) is 99.4 Å². The first-order valence-electron chi connectivity index (χ1n) is 33.2. The molecular weight excluding hydrogens is 1210 g/mol. The van der Waals surface area contributed by atoms with Crippen molar-refractivity contribution in [3.05, 3.63) is 48.0 Å². The minimum atomic E-state index is -1.64. The Morgan fingerprint density at radius 1 is 0.484 bits per heavy atom. The SMILES string of the molecule is CC[C@@H]1NC(=O)[C@H]([C@H](O)[C@H](C)C/C=C/CSCc2ccccc2)N(C)C(=O)[C@H](C(C)C)N(C)C(=O)[C@H](CC(C)C)N(C)C(=O)[C@H](CC(C)C)N(C)C(=O)[C@@H](C)NC(=O)[C@H](C)NC(=O)[C@H](CC(C)C)N(C)C(=O)[C@H](C(C)C)NC(=O)[C@H](CC(C)C)N(C)C(=O)CN(C)C1=O. The fourth-order valence-corrected chi connectivity index (χ4v) is 12.3. The highest BCUT2D eigenvalue weighted by atomic mass is 32.2. The highest BCUT2D eigenvalue weighted by molar-refractivity contribution is 7.98. The van der Waals surface area contributed by atoms with Gasteiger partial charge in [0.15, 0.2) is 0 Å².